The van der Waals surface area contributed by atoms with Crippen LogP contribution in [0.5, 0.6) is 0 Å². The van der Waals surface area contributed by atoms with Crippen molar-refractivity contribution in [2.24, 2.45) is 0 Å². The minimum atomic E-state index is -1.05. The van der Waals surface area contributed by atoms with Crippen molar-refractivity contribution in [3.63, 3.8) is 0 Å². The van der Waals surface area contributed by atoms with Crippen molar-refractivity contribution in [2.45, 2.75) is 78.8 Å². The Balaban J connectivity index is 4.27. The van der Waals surface area contributed by atoms with Crippen molar-refractivity contribution in [1.82, 2.24) is 4.67 Å². The summed E-state index contributed by atoms with van der Waals surface area (Å²) < 4.78 is 14.2. The van der Waals surface area contributed by atoms with Crippen molar-refractivity contribution in [1.29, 1.82) is 0 Å². The van der Waals surface area contributed by atoms with Gasteiger partial charge in [-0.25, -0.2) is 11.2 Å². The van der Waals surface area contributed by atoms with Crippen LogP contribution in [0.3, 0.4) is 0 Å². The summed E-state index contributed by atoms with van der Waals surface area (Å²) in [4.78, 5) is 3.35. The van der Waals surface area contributed by atoms with Gasteiger partial charge in [-0.3, -0.25) is 0 Å². The first kappa shape index (κ1) is 20.8. The summed E-state index contributed by atoms with van der Waals surface area (Å²) in [5.74, 6) is 0. The first-order valence-corrected chi connectivity index (χ1v) is 9.35. The summed E-state index contributed by atoms with van der Waals surface area (Å²) in [6.45, 7) is 19.4. The number of unbranched alkanes of at least 4 members (excludes halogenated alkanes) is 4. The second-order valence-corrected chi connectivity index (χ2v) is 7.22. The van der Waals surface area contributed by atoms with Crippen LogP contribution in [0.4, 0.5) is 0 Å². The zero-order valence-electron chi connectivity index (χ0n) is 14.5. The normalized spacial score (nSPS) is 13.1. The highest BCUT2D eigenvalue weighted by Crippen LogP contribution is 2.45. The maximum Gasteiger partial charge on any atom is 0.259 e. The molecule has 0 aromatic rings. The standard InChI is InChI=1S/C16H33N2O2P/c1-7-8-9-10-11-13-19-21(20-14-12-17-6)18(15(2)3)16(4)5/h15-16H,7-14H2,1-5H3. The molecule has 1 atom stereocenters. The summed E-state index contributed by atoms with van der Waals surface area (Å²) in [6.07, 6.45) is 6.17. The zero-order valence-corrected chi connectivity index (χ0v) is 15.4. The van der Waals surface area contributed by atoms with Crippen molar-refractivity contribution < 1.29 is 9.05 Å². The van der Waals surface area contributed by atoms with E-state index in [9.17, 15) is 0 Å². The molecule has 0 radical (unpaired) electrons. The maximum absolute atomic E-state index is 6.85. The Hall–Kier alpha value is -0.200. The maximum atomic E-state index is 6.85. The van der Waals surface area contributed by atoms with Gasteiger partial charge in [-0.15, -0.1) is 0 Å². The van der Waals surface area contributed by atoms with Crippen LogP contribution >= 0.6 is 8.53 Å². The van der Waals surface area contributed by atoms with Gasteiger partial charge in [0.15, 0.2) is 0 Å². The fourth-order valence-corrected chi connectivity index (χ4v) is 3.78. The lowest BCUT2D eigenvalue weighted by Crippen LogP contribution is -2.33. The van der Waals surface area contributed by atoms with E-state index in [1.54, 1.807) is 0 Å². The van der Waals surface area contributed by atoms with Crippen LogP contribution in [-0.2, 0) is 9.05 Å². The van der Waals surface area contributed by atoms with Gasteiger partial charge in [0, 0.05) is 12.1 Å². The third-order valence-corrected chi connectivity index (χ3v) is 5.21. The van der Waals surface area contributed by atoms with E-state index in [0.717, 1.165) is 13.0 Å². The molecule has 0 aliphatic rings. The van der Waals surface area contributed by atoms with Crippen molar-refractivity contribution in [2.75, 3.05) is 19.8 Å². The fourth-order valence-electron chi connectivity index (χ4n) is 2.16. The Morgan fingerprint density at radius 2 is 1.52 bits per heavy atom. The van der Waals surface area contributed by atoms with Crippen LogP contribution < -0.4 is 0 Å². The number of hydrogen-bond donors (Lipinski definition) is 0. The van der Waals surface area contributed by atoms with Crippen molar-refractivity contribution in [3.8, 4) is 0 Å². The summed E-state index contributed by atoms with van der Waals surface area (Å²) in [5.41, 5.74) is 0. The topological polar surface area (TPSA) is 26.1 Å². The summed E-state index contributed by atoms with van der Waals surface area (Å²) in [7, 11) is -1.05. The Morgan fingerprint density at radius 1 is 0.952 bits per heavy atom. The van der Waals surface area contributed by atoms with E-state index >= 15 is 0 Å². The molecular formula is C16H33N2O2P. The molecule has 5 heteroatoms. The smallest absolute Gasteiger partial charge is 0.259 e. The summed E-state index contributed by atoms with van der Waals surface area (Å²) in [5, 5.41) is 0. The second-order valence-electron chi connectivity index (χ2n) is 5.77. The van der Waals surface area contributed by atoms with E-state index in [4.69, 9.17) is 15.6 Å². The SMILES string of the molecule is [C-]#[N+]CCOP(OCCCCCCC)N(C(C)C)C(C)C. The van der Waals surface area contributed by atoms with Gasteiger partial charge in [0.25, 0.3) is 8.53 Å². The molecular weight excluding hydrogens is 283 g/mol. The van der Waals surface area contributed by atoms with E-state index in [0.29, 0.717) is 25.2 Å². The van der Waals surface area contributed by atoms with Gasteiger partial charge in [0.1, 0.15) is 6.61 Å². The number of hydrogen-bond acceptors (Lipinski definition) is 3. The lowest BCUT2D eigenvalue weighted by atomic mass is 10.2. The van der Waals surface area contributed by atoms with Crippen LogP contribution in [0.15, 0.2) is 0 Å². The van der Waals surface area contributed by atoms with Gasteiger partial charge in [-0.05, 0) is 34.1 Å². The molecule has 0 N–H and O–H groups in total. The molecule has 0 saturated carbocycles. The van der Waals surface area contributed by atoms with Gasteiger partial charge in [0.05, 0.1) is 6.61 Å². The Labute approximate surface area is 133 Å². The molecule has 0 bridgehead atoms. The average Bonchev–Trinajstić information content (AvgIpc) is 2.41. The molecule has 0 rings (SSSR count). The van der Waals surface area contributed by atoms with Gasteiger partial charge in [0.2, 0.25) is 6.54 Å². The average molecular weight is 316 g/mol. The highest BCUT2D eigenvalue weighted by atomic mass is 31.2. The molecule has 0 heterocycles. The Kier molecular flexibility index (Phi) is 13.3. The molecule has 4 nitrogen and oxygen atoms in total. The molecule has 0 aliphatic carbocycles. The Morgan fingerprint density at radius 3 is 2.05 bits per heavy atom. The number of rotatable bonds is 13. The van der Waals surface area contributed by atoms with E-state index in [1.807, 2.05) is 0 Å². The predicted molar refractivity (Wildman–Crippen MR) is 91.2 cm³/mol. The largest absolute Gasteiger partial charge is 0.322 e. The van der Waals surface area contributed by atoms with Crippen LogP contribution in [-0.4, -0.2) is 36.5 Å². The van der Waals surface area contributed by atoms with Gasteiger partial charge >= 0.3 is 0 Å². The molecule has 1 unspecified atom stereocenters. The van der Waals surface area contributed by atoms with Gasteiger partial charge in [-0.2, -0.15) is 0 Å². The van der Waals surface area contributed by atoms with Crippen LogP contribution in [0.1, 0.15) is 66.7 Å². The van der Waals surface area contributed by atoms with Crippen LogP contribution in [0.25, 0.3) is 4.85 Å². The molecule has 0 amide bonds. The lowest BCUT2D eigenvalue weighted by molar-refractivity contribution is 0.176. The van der Waals surface area contributed by atoms with E-state index in [2.05, 4.69) is 44.1 Å². The van der Waals surface area contributed by atoms with Gasteiger partial charge < -0.3 is 13.9 Å². The third kappa shape index (κ3) is 10.2. The minimum Gasteiger partial charge on any atom is -0.322 e. The van der Waals surface area contributed by atoms with E-state index in [-0.39, 0.29) is 0 Å². The fraction of sp³-hybridized carbons (Fsp3) is 0.938. The van der Waals surface area contributed by atoms with Crippen molar-refractivity contribution in [3.05, 3.63) is 11.4 Å². The first-order chi connectivity index (χ1) is 10.0. The minimum absolute atomic E-state index is 0.379. The van der Waals surface area contributed by atoms with Crippen LogP contribution in [0, 0.1) is 6.57 Å². The quantitative estimate of drug-likeness (QED) is 0.263. The highest BCUT2D eigenvalue weighted by Gasteiger charge is 2.27. The zero-order chi connectivity index (χ0) is 16.1. The first-order valence-electron chi connectivity index (χ1n) is 8.22. The summed E-state index contributed by atoms with van der Waals surface area (Å²) >= 11 is 0. The molecule has 0 aliphatic heterocycles. The van der Waals surface area contributed by atoms with E-state index < -0.39 is 8.53 Å². The molecule has 21 heavy (non-hydrogen) atoms. The predicted octanol–water partition coefficient (Wildman–Crippen LogP) is 5.25. The van der Waals surface area contributed by atoms with Crippen LogP contribution in [0.2, 0.25) is 0 Å². The molecule has 0 saturated heterocycles. The molecule has 0 fully saturated rings. The second kappa shape index (κ2) is 13.5. The lowest BCUT2D eigenvalue weighted by Gasteiger charge is -2.35. The third-order valence-electron chi connectivity index (χ3n) is 3.10. The molecule has 0 aromatic heterocycles. The molecule has 124 valence electrons. The molecule has 0 aromatic carbocycles. The van der Waals surface area contributed by atoms with Gasteiger partial charge in [-0.1, -0.05) is 32.6 Å². The van der Waals surface area contributed by atoms with Crippen molar-refractivity contribution >= 4 is 8.53 Å². The molecule has 0 spiro atoms. The highest BCUT2D eigenvalue weighted by molar-refractivity contribution is 7.44. The summed E-state index contributed by atoms with van der Waals surface area (Å²) in [6, 6.07) is 0.758. The Bertz CT molecular complexity index is 272. The monoisotopic (exact) mass is 316 g/mol. The van der Waals surface area contributed by atoms with E-state index in [1.165, 1.54) is 25.7 Å². The number of nitrogens with zero attached hydrogens (tertiary/aromatic N) is 2.